The summed E-state index contributed by atoms with van der Waals surface area (Å²) in [7, 11) is 0. The number of likely N-dealkylation sites (tertiary alicyclic amines) is 1. The molecule has 3 aliphatic rings. The fraction of sp³-hybridized carbons (Fsp3) is 0.769. The van der Waals surface area contributed by atoms with Gasteiger partial charge in [0.2, 0.25) is 11.8 Å². The fourth-order valence-corrected chi connectivity index (χ4v) is 6.05. The Morgan fingerprint density at radius 3 is 2.56 bits per heavy atom. The van der Waals surface area contributed by atoms with E-state index in [0.717, 1.165) is 12.8 Å². The lowest BCUT2D eigenvalue weighted by Gasteiger charge is -2.51. The van der Waals surface area contributed by atoms with Gasteiger partial charge in [-0.25, -0.2) is 4.98 Å². The third kappa shape index (κ3) is 5.07. The van der Waals surface area contributed by atoms with Crippen molar-refractivity contribution in [3.05, 3.63) is 22.7 Å². The number of rotatable bonds is 6. The first-order valence-electron chi connectivity index (χ1n) is 13.0. The van der Waals surface area contributed by atoms with Gasteiger partial charge in [-0.2, -0.15) is 0 Å². The molecule has 3 fully saturated rings. The maximum atomic E-state index is 13.2. The van der Waals surface area contributed by atoms with E-state index in [4.69, 9.17) is 0 Å². The number of carbonyl (C=O) groups excluding carboxylic acids is 2. The lowest BCUT2D eigenvalue weighted by Crippen LogP contribution is -2.61. The zero-order chi connectivity index (χ0) is 24.5. The number of aliphatic hydroxyl groups is 1. The largest absolute Gasteiger partial charge is 0.387 e. The zero-order valence-corrected chi connectivity index (χ0v) is 21.0. The summed E-state index contributed by atoms with van der Waals surface area (Å²) in [6, 6.07) is 0. The van der Waals surface area contributed by atoms with Gasteiger partial charge in [0.25, 0.3) is 5.56 Å². The van der Waals surface area contributed by atoms with E-state index >= 15 is 0 Å². The van der Waals surface area contributed by atoms with Crippen LogP contribution < -0.4 is 10.5 Å². The van der Waals surface area contributed by atoms with Gasteiger partial charge in [-0.15, -0.1) is 0 Å². The summed E-state index contributed by atoms with van der Waals surface area (Å²) < 4.78 is 1.47. The third-order valence-electron chi connectivity index (χ3n) is 8.43. The van der Waals surface area contributed by atoms with Crippen molar-refractivity contribution in [1.29, 1.82) is 0 Å². The Bertz CT molecular complexity index is 968. The Morgan fingerprint density at radius 1 is 1.18 bits per heavy atom. The van der Waals surface area contributed by atoms with Crippen LogP contribution in [0.2, 0.25) is 0 Å². The maximum absolute atomic E-state index is 13.2. The molecule has 4 rings (SSSR count). The molecule has 2 amide bonds. The summed E-state index contributed by atoms with van der Waals surface area (Å²) >= 11 is 0. The molecular formula is C26H40N4O4. The van der Waals surface area contributed by atoms with E-state index in [1.807, 2.05) is 25.7 Å². The number of carbonyl (C=O) groups is 2. The molecule has 34 heavy (non-hydrogen) atoms. The molecule has 8 heteroatoms. The van der Waals surface area contributed by atoms with E-state index < -0.39 is 11.0 Å². The van der Waals surface area contributed by atoms with Gasteiger partial charge in [0.1, 0.15) is 0 Å². The van der Waals surface area contributed by atoms with Gasteiger partial charge < -0.3 is 14.6 Å². The van der Waals surface area contributed by atoms with Crippen LogP contribution in [-0.2, 0) is 16.1 Å². The number of aromatic nitrogens is 2. The van der Waals surface area contributed by atoms with Crippen LogP contribution in [0.1, 0.15) is 78.6 Å². The standard InChI is InChI=1S/C26H40N4O4/c1-19(14-20-8-5-4-6-9-20)24(33)28-13-11-26(34,25(2,3)17-28)18-29-16-21(27-15-23(29)32)30-12-7-10-22(30)31/h15-16,19-20,34H,4-14,17-18H2,1-3H3/t19-,26?/m1/s1. The number of piperidine rings is 1. The van der Waals surface area contributed by atoms with Gasteiger partial charge in [-0.3, -0.25) is 19.3 Å². The Hall–Kier alpha value is -2.22. The molecule has 2 atom stereocenters. The predicted molar refractivity (Wildman–Crippen MR) is 130 cm³/mol. The summed E-state index contributed by atoms with van der Waals surface area (Å²) in [5.41, 5.74) is -2.06. The molecule has 2 aliphatic heterocycles. The van der Waals surface area contributed by atoms with Gasteiger partial charge in [0.05, 0.1) is 24.5 Å². The Morgan fingerprint density at radius 2 is 1.91 bits per heavy atom. The minimum absolute atomic E-state index is 0.00547. The van der Waals surface area contributed by atoms with Gasteiger partial charge in [0.15, 0.2) is 5.82 Å². The summed E-state index contributed by atoms with van der Waals surface area (Å²) in [6.45, 7) is 7.61. The first kappa shape index (κ1) is 24.9. The second-order valence-electron chi connectivity index (χ2n) is 11.4. The molecule has 1 saturated carbocycles. The van der Waals surface area contributed by atoms with E-state index in [0.29, 0.717) is 44.2 Å². The molecule has 1 aromatic heterocycles. The quantitative estimate of drug-likeness (QED) is 0.687. The van der Waals surface area contributed by atoms with Crippen molar-refractivity contribution in [1.82, 2.24) is 14.5 Å². The maximum Gasteiger partial charge on any atom is 0.269 e. The highest BCUT2D eigenvalue weighted by molar-refractivity contribution is 5.94. The fourth-order valence-electron chi connectivity index (χ4n) is 6.05. The van der Waals surface area contributed by atoms with Crippen LogP contribution in [0.5, 0.6) is 0 Å². The number of nitrogens with zero attached hydrogens (tertiary/aromatic N) is 4. The van der Waals surface area contributed by atoms with E-state index in [1.54, 1.807) is 11.1 Å². The average molecular weight is 473 g/mol. The highest BCUT2D eigenvalue weighted by atomic mass is 16.3. The Balaban J connectivity index is 1.44. The van der Waals surface area contributed by atoms with Crippen LogP contribution >= 0.6 is 0 Å². The Labute approximate surface area is 202 Å². The number of anilines is 1. The molecule has 1 N–H and O–H groups in total. The molecule has 0 aromatic carbocycles. The van der Waals surface area contributed by atoms with Crippen LogP contribution in [0.25, 0.3) is 0 Å². The molecule has 188 valence electrons. The van der Waals surface area contributed by atoms with Crippen molar-refractivity contribution in [2.75, 3.05) is 24.5 Å². The number of hydrogen-bond donors (Lipinski definition) is 1. The van der Waals surface area contributed by atoms with Crippen molar-refractivity contribution in [3.63, 3.8) is 0 Å². The second-order valence-corrected chi connectivity index (χ2v) is 11.4. The molecule has 0 spiro atoms. The number of hydrogen-bond acceptors (Lipinski definition) is 5. The molecule has 8 nitrogen and oxygen atoms in total. The second kappa shape index (κ2) is 9.80. The van der Waals surface area contributed by atoms with Gasteiger partial charge in [-0.05, 0) is 25.2 Å². The molecule has 1 aromatic rings. The topological polar surface area (TPSA) is 95.7 Å². The van der Waals surface area contributed by atoms with Gasteiger partial charge in [0, 0.05) is 37.4 Å². The summed E-state index contributed by atoms with van der Waals surface area (Å²) in [5.74, 6) is 1.28. The Kier molecular flexibility index (Phi) is 7.17. The van der Waals surface area contributed by atoms with E-state index in [9.17, 15) is 19.5 Å². The number of amides is 2. The van der Waals surface area contributed by atoms with E-state index in [2.05, 4.69) is 4.98 Å². The first-order valence-corrected chi connectivity index (χ1v) is 13.0. The van der Waals surface area contributed by atoms with Crippen LogP contribution in [-0.4, -0.2) is 56.6 Å². The molecular weight excluding hydrogens is 432 g/mol. The third-order valence-corrected chi connectivity index (χ3v) is 8.43. The average Bonchev–Trinajstić information content (AvgIpc) is 3.23. The predicted octanol–water partition coefficient (Wildman–Crippen LogP) is 2.97. The molecule has 1 aliphatic carbocycles. The summed E-state index contributed by atoms with van der Waals surface area (Å²) in [6.07, 6.45) is 11.7. The SMILES string of the molecule is C[C@H](CC1CCCCC1)C(=O)N1CCC(O)(Cn2cc(N3CCCC3=O)ncc2=O)C(C)(C)C1. The molecule has 0 bridgehead atoms. The minimum Gasteiger partial charge on any atom is -0.387 e. The normalized spacial score (nSPS) is 26.6. The summed E-state index contributed by atoms with van der Waals surface area (Å²) in [5, 5.41) is 11.7. The first-order chi connectivity index (χ1) is 16.1. The van der Waals surface area contributed by atoms with Crippen molar-refractivity contribution in [2.45, 2.75) is 90.7 Å². The van der Waals surface area contributed by atoms with E-state index in [1.165, 1.54) is 42.9 Å². The van der Waals surface area contributed by atoms with Gasteiger partial charge >= 0.3 is 0 Å². The molecule has 3 heterocycles. The molecule has 0 radical (unpaired) electrons. The minimum atomic E-state index is -1.16. The van der Waals surface area contributed by atoms with Crippen molar-refractivity contribution in [3.8, 4) is 0 Å². The summed E-state index contributed by atoms with van der Waals surface area (Å²) in [4.78, 5) is 45.6. The van der Waals surface area contributed by atoms with Crippen LogP contribution in [0.4, 0.5) is 5.82 Å². The van der Waals surface area contributed by atoms with Crippen LogP contribution in [0.3, 0.4) is 0 Å². The van der Waals surface area contributed by atoms with Crippen molar-refractivity contribution < 1.29 is 14.7 Å². The zero-order valence-electron chi connectivity index (χ0n) is 21.0. The lowest BCUT2D eigenvalue weighted by atomic mass is 9.69. The highest BCUT2D eigenvalue weighted by Gasteiger charge is 2.49. The van der Waals surface area contributed by atoms with Crippen LogP contribution in [0.15, 0.2) is 17.2 Å². The molecule has 1 unspecified atom stereocenters. The highest BCUT2D eigenvalue weighted by Crippen LogP contribution is 2.40. The van der Waals surface area contributed by atoms with Crippen molar-refractivity contribution >= 4 is 17.6 Å². The smallest absolute Gasteiger partial charge is 0.269 e. The van der Waals surface area contributed by atoms with Crippen molar-refractivity contribution in [2.24, 2.45) is 17.3 Å². The lowest BCUT2D eigenvalue weighted by molar-refractivity contribution is -0.157. The molecule has 2 saturated heterocycles. The van der Waals surface area contributed by atoms with Gasteiger partial charge in [-0.1, -0.05) is 52.9 Å². The monoisotopic (exact) mass is 472 g/mol. The van der Waals surface area contributed by atoms with E-state index in [-0.39, 0.29) is 29.8 Å². The van der Waals surface area contributed by atoms with Crippen LogP contribution in [0, 0.1) is 17.3 Å².